The van der Waals surface area contributed by atoms with Crippen LogP contribution in [0.5, 0.6) is 0 Å². The van der Waals surface area contributed by atoms with Gasteiger partial charge in [0, 0.05) is 12.6 Å². The number of nitrogens with one attached hydrogen (secondary N) is 1. The van der Waals surface area contributed by atoms with Crippen LogP contribution in [0.3, 0.4) is 0 Å². The van der Waals surface area contributed by atoms with Crippen molar-refractivity contribution in [2.24, 2.45) is 0 Å². The number of benzene rings is 1. The summed E-state index contributed by atoms with van der Waals surface area (Å²) < 4.78 is 13.6. The molecule has 0 aliphatic heterocycles. The van der Waals surface area contributed by atoms with Gasteiger partial charge in [0.25, 0.3) is 0 Å². The summed E-state index contributed by atoms with van der Waals surface area (Å²) in [7, 11) is 4.09. The Balaban J connectivity index is 2.61. The summed E-state index contributed by atoms with van der Waals surface area (Å²) in [6.45, 7) is 4.05. The number of rotatable bonds is 7. The van der Waals surface area contributed by atoms with E-state index in [1.165, 1.54) is 6.07 Å². The Labute approximate surface area is 104 Å². The van der Waals surface area contributed by atoms with Crippen LogP contribution in [0.25, 0.3) is 0 Å². The van der Waals surface area contributed by atoms with Crippen LogP contribution in [-0.4, -0.2) is 38.1 Å². The predicted molar refractivity (Wildman–Crippen MR) is 70.7 cm³/mol. The van der Waals surface area contributed by atoms with Gasteiger partial charge in [-0.2, -0.15) is 0 Å². The summed E-state index contributed by atoms with van der Waals surface area (Å²) in [5.74, 6) is -0.102. The zero-order valence-corrected chi connectivity index (χ0v) is 11.0. The summed E-state index contributed by atoms with van der Waals surface area (Å²) in [4.78, 5) is 2.13. The quantitative estimate of drug-likeness (QED) is 0.784. The molecule has 0 amide bonds. The van der Waals surface area contributed by atoms with Crippen molar-refractivity contribution in [1.82, 2.24) is 10.2 Å². The number of nitrogens with zero attached hydrogens (tertiary/aromatic N) is 1. The van der Waals surface area contributed by atoms with Gasteiger partial charge in [-0.15, -0.1) is 0 Å². The second kappa shape index (κ2) is 7.41. The van der Waals surface area contributed by atoms with E-state index >= 15 is 0 Å². The molecule has 0 aliphatic carbocycles. The summed E-state index contributed by atoms with van der Waals surface area (Å²) in [6, 6.07) is 7.33. The molecular formula is C14H23FN2. The second-order valence-corrected chi connectivity index (χ2v) is 4.71. The SMILES string of the molecule is CCCNC(Cc1ccccc1F)CN(C)C. The van der Waals surface area contributed by atoms with Crippen LogP contribution in [0.15, 0.2) is 24.3 Å². The van der Waals surface area contributed by atoms with Crippen LogP contribution >= 0.6 is 0 Å². The summed E-state index contributed by atoms with van der Waals surface area (Å²) in [5.41, 5.74) is 0.794. The number of hydrogen-bond acceptors (Lipinski definition) is 2. The van der Waals surface area contributed by atoms with Crippen molar-refractivity contribution in [3.05, 3.63) is 35.6 Å². The molecule has 0 radical (unpaired) electrons. The predicted octanol–water partition coefficient (Wildman–Crippen LogP) is 2.30. The second-order valence-electron chi connectivity index (χ2n) is 4.71. The van der Waals surface area contributed by atoms with Gasteiger partial charge >= 0.3 is 0 Å². The zero-order chi connectivity index (χ0) is 12.7. The molecule has 17 heavy (non-hydrogen) atoms. The van der Waals surface area contributed by atoms with Crippen molar-refractivity contribution >= 4 is 0 Å². The summed E-state index contributed by atoms with van der Waals surface area (Å²) >= 11 is 0. The highest BCUT2D eigenvalue weighted by Crippen LogP contribution is 2.09. The molecule has 0 saturated heterocycles. The van der Waals surface area contributed by atoms with Gasteiger partial charge in [-0.1, -0.05) is 25.1 Å². The largest absolute Gasteiger partial charge is 0.312 e. The minimum absolute atomic E-state index is 0.102. The van der Waals surface area contributed by atoms with Crippen molar-refractivity contribution in [2.45, 2.75) is 25.8 Å². The van der Waals surface area contributed by atoms with Gasteiger partial charge in [0.2, 0.25) is 0 Å². The van der Waals surface area contributed by atoms with Crippen LogP contribution in [0.4, 0.5) is 4.39 Å². The molecule has 1 rings (SSSR count). The normalized spacial score (nSPS) is 13.0. The lowest BCUT2D eigenvalue weighted by Crippen LogP contribution is -2.40. The Hall–Kier alpha value is -0.930. The van der Waals surface area contributed by atoms with Crippen LogP contribution in [0, 0.1) is 5.82 Å². The Kier molecular flexibility index (Phi) is 6.16. The fourth-order valence-corrected chi connectivity index (χ4v) is 1.92. The van der Waals surface area contributed by atoms with E-state index in [2.05, 4.69) is 17.1 Å². The topological polar surface area (TPSA) is 15.3 Å². The molecule has 1 aromatic rings. The van der Waals surface area contributed by atoms with E-state index < -0.39 is 0 Å². The number of hydrogen-bond donors (Lipinski definition) is 1. The fourth-order valence-electron chi connectivity index (χ4n) is 1.92. The molecule has 1 N–H and O–H groups in total. The molecule has 0 fully saturated rings. The first-order valence-electron chi connectivity index (χ1n) is 6.25. The first-order valence-corrected chi connectivity index (χ1v) is 6.25. The van der Waals surface area contributed by atoms with Crippen LogP contribution < -0.4 is 5.32 Å². The van der Waals surface area contributed by atoms with Gasteiger partial charge in [-0.25, -0.2) is 4.39 Å². The molecule has 1 aromatic carbocycles. The van der Waals surface area contributed by atoms with Crippen molar-refractivity contribution in [3.8, 4) is 0 Å². The maximum Gasteiger partial charge on any atom is 0.126 e. The molecule has 3 heteroatoms. The first-order chi connectivity index (χ1) is 8.13. The molecule has 0 heterocycles. The van der Waals surface area contributed by atoms with E-state index in [9.17, 15) is 4.39 Å². The zero-order valence-electron chi connectivity index (χ0n) is 11.0. The van der Waals surface area contributed by atoms with Crippen LogP contribution in [0.2, 0.25) is 0 Å². The van der Waals surface area contributed by atoms with Crippen molar-refractivity contribution in [3.63, 3.8) is 0 Å². The monoisotopic (exact) mass is 238 g/mol. The molecule has 0 bridgehead atoms. The van der Waals surface area contributed by atoms with Gasteiger partial charge in [0.05, 0.1) is 0 Å². The Morgan fingerprint density at radius 1 is 1.29 bits per heavy atom. The molecule has 0 saturated carbocycles. The summed E-state index contributed by atoms with van der Waals surface area (Å²) in [5, 5.41) is 3.47. The van der Waals surface area contributed by atoms with Gasteiger partial charge in [0.15, 0.2) is 0 Å². The molecule has 1 unspecified atom stereocenters. The Morgan fingerprint density at radius 3 is 2.59 bits per heavy atom. The average molecular weight is 238 g/mol. The van der Waals surface area contributed by atoms with Crippen molar-refractivity contribution in [1.29, 1.82) is 0 Å². The van der Waals surface area contributed by atoms with E-state index in [1.807, 2.05) is 26.2 Å². The number of halogens is 1. The van der Waals surface area contributed by atoms with E-state index in [4.69, 9.17) is 0 Å². The fraction of sp³-hybridized carbons (Fsp3) is 0.571. The lowest BCUT2D eigenvalue weighted by atomic mass is 10.0. The van der Waals surface area contributed by atoms with Gasteiger partial charge < -0.3 is 10.2 Å². The standard InChI is InChI=1S/C14H23FN2/c1-4-9-16-13(11-17(2)3)10-12-7-5-6-8-14(12)15/h5-8,13,16H,4,9-11H2,1-3H3. The van der Waals surface area contributed by atoms with E-state index in [0.717, 1.165) is 31.5 Å². The average Bonchev–Trinajstić information content (AvgIpc) is 2.28. The maximum absolute atomic E-state index is 13.6. The van der Waals surface area contributed by atoms with Crippen molar-refractivity contribution < 1.29 is 4.39 Å². The molecule has 2 nitrogen and oxygen atoms in total. The third kappa shape index (κ3) is 5.29. The van der Waals surface area contributed by atoms with Gasteiger partial charge in [-0.3, -0.25) is 0 Å². The van der Waals surface area contributed by atoms with E-state index in [1.54, 1.807) is 6.07 Å². The Morgan fingerprint density at radius 2 is 2.00 bits per heavy atom. The molecule has 0 aromatic heterocycles. The number of likely N-dealkylation sites (N-methyl/N-ethyl adjacent to an activating group) is 1. The highest BCUT2D eigenvalue weighted by molar-refractivity contribution is 5.18. The van der Waals surface area contributed by atoms with Crippen LogP contribution in [0.1, 0.15) is 18.9 Å². The highest BCUT2D eigenvalue weighted by Gasteiger charge is 2.12. The van der Waals surface area contributed by atoms with Gasteiger partial charge in [0.1, 0.15) is 5.82 Å². The molecule has 0 spiro atoms. The molecular weight excluding hydrogens is 215 g/mol. The van der Waals surface area contributed by atoms with E-state index in [-0.39, 0.29) is 5.82 Å². The third-order valence-corrected chi connectivity index (χ3v) is 2.69. The molecule has 0 aliphatic rings. The molecule has 96 valence electrons. The van der Waals surface area contributed by atoms with Crippen molar-refractivity contribution in [2.75, 3.05) is 27.2 Å². The lowest BCUT2D eigenvalue weighted by molar-refractivity contribution is 0.334. The smallest absolute Gasteiger partial charge is 0.126 e. The Bertz CT molecular complexity index is 326. The minimum atomic E-state index is -0.102. The van der Waals surface area contributed by atoms with Gasteiger partial charge in [-0.05, 0) is 45.1 Å². The van der Waals surface area contributed by atoms with E-state index in [0.29, 0.717) is 6.04 Å². The first kappa shape index (κ1) is 14.1. The lowest BCUT2D eigenvalue weighted by Gasteiger charge is -2.22. The summed E-state index contributed by atoms with van der Waals surface area (Å²) in [6.07, 6.45) is 1.84. The highest BCUT2D eigenvalue weighted by atomic mass is 19.1. The molecule has 1 atom stereocenters. The third-order valence-electron chi connectivity index (χ3n) is 2.69. The van der Waals surface area contributed by atoms with Crippen LogP contribution in [-0.2, 0) is 6.42 Å². The minimum Gasteiger partial charge on any atom is -0.312 e. The maximum atomic E-state index is 13.6.